The highest BCUT2D eigenvalue weighted by molar-refractivity contribution is 6.33. The molecule has 0 unspecified atom stereocenters. The summed E-state index contributed by atoms with van der Waals surface area (Å²) in [5, 5.41) is 12.0. The lowest BCUT2D eigenvalue weighted by Gasteiger charge is -2.17. The SMILES string of the molecule is CCOc1cc(C(=O)Nc2cc(C(=O)O)cc(Cl)c2OC)cc(OCC)c1OCC. The largest absolute Gasteiger partial charge is 0.493 e. The second kappa shape index (κ2) is 10.6. The van der Waals surface area contributed by atoms with E-state index >= 15 is 0 Å². The van der Waals surface area contributed by atoms with Crippen LogP contribution in [0.15, 0.2) is 24.3 Å². The van der Waals surface area contributed by atoms with Crippen molar-refractivity contribution < 1.29 is 33.6 Å². The Morgan fingerprint density at radius 1 is 0.900 bits per heavy atom. The van der Waals surface area contributed by atoms with Gasteiger partial charge in [0.05, 0.1) is 43.2 Å². The molecular weight excluding hydrogens is 414 g/mol. The molecule has 162 valence electrons. The Morgan fingerprint density at radius 3 is 1.93 bits per heavy atom. The fourth-order valence-corrected chi connectivity index (χ4v) is 3.03. The van der Waals surface area contributed by atoms with Crippen LogP contribution in [0.5, 0.6) is 23.0 Å². The van der Waals surface area contributed by atoms with E-state index in [0.29, 0.717) is 37.1 Å². The molecule has 0 fully saturated rings. The Morgan fingerprint density at radius 2 is 1.47 bits per heavy atom. The van der Waals surface area contributed by atoms with Crippen molar-refractivity contribution >= 4 is 29.2 Å². The van der Waals surface area contributed by atoms with Gasteiger partial charge in [0.2, 0.25) is 5.75 Å². The summed E-state index contributed by atoms with van der Waals surface area (Å²) in [6, 6.07) is 5.57. The number of carbonyl (C=O) groups is 2. The predicted octanol–water partition coefficient (Wildman–Crippen LogP) is 4.50. The predicted molar refractivity (Wildman–Crippen MR) is 113 cm³/mol. The number of methoxy groups -OCH3 is 1. The number of halogens is 1. The van der Waals surface area contributed by atoms with E-state index < -0.39 is 11.9 Å². The Balaban J connectivity index is 2.49. The van der Waals surface area contributed by atoms with Crippen molar-refractivity contribution in [2.75, 3.05) is 32.2 Å². The number of benzene rings is 2. The van der Waals surface area contributed by atoms with E-state index in [9.17, 15) is 14.7 Å². The van der Waals surface area contributed by atoms with Crippen molar-refractivity contribution in [1.82, 2.24) is 0 Å². The minimum Gasteiger partial charge on any atom is -0.493 e. The van der Waals surface area contributed by atoms with Crippen molar-refractivity contribution in [2.24, 2.45) is 0 Å². The summed E-state index contributed by atoms with van der Waals surface area (Å²) in [6.07, 6.45) is 0. The lowest BCUT2D eigenvalue weighted by molar-refractivity contribution is 0.0696. The topological polar surface area (TPSA) is 103 Å². The van der Waals surface area contributed by atoms with Crippen LogP contribution >= 0.6 is 11.6 Å². The van der Waals surface area contributed by atoms with Gasteiger partial charge in [0.25, 0.3) is 5.91 Å². The number of amides is 1. The molecule has 0 aromatic heterocycles. The number of hydrogen-bond donors (Lipinski definition) is 2. The van der Waals surface area contributed by atoms with E-state index in [1.54, 1.807) is 0 Å². The number of carbonyl (C=O) groups excluding carboxylic acids is 1. The summed E-state index contributed by atoms with van der Waals surface area (Å²) in [4.78, 5) is 24.3. The molecule has 0 bridgehead atoms. The summed E-state index contributed by atoms with van der Waals surface area (Å²) >= 11 is 6.10. The van der Waals surface area contributed by atoms with Crippen LogP contribution in [0.25, 0.3) is 0 Å². The van der Waals surface area contributed by atoms with Gasteiger partial charge >= 0.3 is 5.97 Å². The third kappa shape index (κ3) is 5.27. The first-order valence-corrected chi connectivity index (χ1v) is 9.72. The van der Waals surface area contributed by atoms with E-state index in [4.69, 9.17) is 30.5 Å². The third-order valence-corrected chi connectivity index (χ3v) is 4.19. The van der Waals surface area contributed by atoms with Gasteiger partial charge in [0, 0.05) is 5.56 Å². The van der Waals surface area contributed by atoms with Crippen LogP contribution in [0, 0.1) is 0 Å². The van der Waals surface area contributed by atoms with Crippen LogP contribution in [0.3, 0.4) is 0 Å². The van der Waals surface area contributed by atoms with Crippen LogP contribution in [-0.2, 0) is 0 Å². The Labute approximate surface area is 179 Å². The highest BCUT2D eigenvalue weighted by atomic mass is 35.5. The Hall–Kier alpha value is -3.13. The molecule has 2 aromatic rings. The number of anilines is 1. The monoisotopic (exact) mass is 437 g/mol. The zero-order valence-corrected chi connectivity index (χ0v) is 18.0. The summed E-state index contributed by atoms with van der Waals surface area (Å²) < 4.78 is 22.1. The first-order valence-electron chi connectivity index (χ1n) is 9.34. The first kappa shape index (κ1) is 23.2. The molecule has 0 aliphatic rings. The number of aromatic carboxylic acids is 1. The molecule has 0 aliphatic carbocycles. The Kier molecular flexibility index (Phi) is 8.17. The zero-order chi connectivity index (χ0) is 22.3. The molecule has 0 radical (unpaired) electrons. The van der Waals surface area contributed by atoms with Gasteiger partial charge in [-0.25, -0.2) is 4.79 Å². The van der Waals surface area contributed by atoms with Crippen LogP contribution < -0.4 is 24.3 Å². The maximum atomic E-state index is 12.9. The molecule has 0 heterocycles. The average molecular weight is 438 g/mol. The number of rotatable bonds is 10. The highest BCUT2D eigenvalue weighted by Crippen LogP contribution is 2.40. The third-order valence-electron chi connectivity index (χ3n) is 3.91. The maximum Gasteiger partial charge on any atom is 0.335 e. The number of nitrogens with one attached hydrogen (secondary N) is 1. The second-order valence-electron chi connectivity index (χ2n) is 5.90. The van der Waals surface area contributed by atoms with Crippen LogP contribution in [0.4, 0.5) is 5.69 Å². The fraction of sp³-hybridized carbons (Fsp3) is 0.333. The van der Waals surface area contributed by atoms with Gasteiger partial charge in [-0.1, -0.05) is 11.6 Å². The van der Waals surface area contributed by atoms with E-state index in [1.165, 1.54) is 31.4 Å². The molecule has 2 N–H and O–H groups in total. The molecule has 0 aliphatic heterocycles. The van der Waals surface area contributed by atoms with Crippen LogP contribution in [0.2, 0.25) is 5.02 Å². The number of ether oxygens (including phenoxy) is 4. The molecule has 8 nitrogen and oxygen atoms in total. The van der Waals surface area contributed by atoms with E-state index in [0.717, 1.165) is 0 Å². The molecule has 2 aromatic carbocycles. The van der Waals surface area contributed by atoms with E-state index in [-0.39, 0.29) is 27.6 Å². The summed E-state index contributed by atoms with van der Waals surface area (Å²) in [5.41, 5.74) is 0.259. The lowest BCUT2D eigenvalue weighted by Crippen LogP contribution is -2.15. The highest BCUT2D eigenvalue weighted by Gasteiger charge is 2.21. The summed E-state index contributed by atoms with van der Waals surface area (Å²) in [5.74, 6) is -0.438. The van der Waals surface area contributed by atoms with Gasteiger partial charge in [0.1, 0.15) is 0 Å². The zero-order valence-electron chi connectivity index (χ0n) is 17.2. The minimum absolute atomic E-state index is 0.0596. The van der Waals surface area contributed by atoms with E-state index in [1.807, 2.05) is 20.8 Å². The van der Waals surface area contributed by atoms with Crippen molar-refractivity contribution in [3.63, 3.8) is 0 Å². The number of carboxylic acids is 1. The molecule has 0 spiro atoms. The normalized spacial score (nSPS) is 10.3. The van der Waals surface area contributed by atoms with Gasteiger partial charge < -0.3 is 29.4 Å². The molecule has 2 rings (SSSR count). The molecule has 30 heavy (non-hydrogen) atoms. The average Bonchev–Trinajstić information content (AvgIpc) is 2.70. The molecule has 9 heteroatoms. The quantitative estimate of drug-likeness (QED) is 0.564. The lowest BCUT2D eigenvalue weighted by atomic mass is 10.1. The van der Waals surface area contributed by atoms with Gasteiger partial charge in [-0.3, -0.25) is 4.79 Å². The summed E-state index contributed by atoms with van der Waals surface area (Å²) in [7, 11) is 1.37. The molecule has 0 saturated carbocycles. The van der Waals surface area contributed by atoms with Gasteiger partial charge in [-0.2, -0.15) is 0 Å². The number of hydrogen-bond acceptors (Lipinski definition) is 6. The number of carboxylic acid groups (broad SMARTS) is 1. The summed E-state index contributed by atoms with van der Waals surface area (Å²) in [6.45, 7) is 6.57. The molecule has 0 saturated heterocycles. The standard InChI is InChI=1S/C21H24ClNO7/c1-5-28-16-10-12(11-17(29-6-2)19(16)30-7-3)20(24)23-15-9-13(21(25)26)8-14(22)18(15)27-4/h8-11H,5-7H2,1-4H3,(H,23,24)(H,25,26). The second-order valence-corrected chi connectivity index (χ2v) is 6.31. The maximum absolute atomic E-state index is 12.9. The molecule has 1 amide bonds. The Bertz CT molecular complexity index is 903. The van der Waals surface area contributed by atoms with Crippen molar-refractivity contribution in [3.8, 4) is 23.0 Å². The van der Waals surface area contributed by atoms with E-state index in [2.05, 4.69) is 5.32 Å². The fourth-order valence-electron chi connectivity index (χ4n) is 2.73. The van der Waals surface area contributed by atoms with Crippen molar-refractivity contribution in [1.29, 1.82) is 0 Å². The van der Waals surface area contributed by atoms with Crippen molar-refractivity contribution in [3.05, 3.63) is 40.4 Å². The first-order chi connectivity index (χ1) is 14.4. The van der Waals surface area contributed by atoms with Crippen LogP contribution in [0.1, 0.15) is 41.5 Å². The van der Waals surface area contributed by atoms with Crippen molar-refractivity contribution in [2.45, 2.75) is 20.8 Å². The molecular formula is C21H24ClNO7. The minimum atomic E-state index is -1.19. The molecule has 0 atom stereocenters. The van der Waals surface area contributed by atoms with Gasteiger partial charge in [-0.15, -0.1) is 0 Å². The van der Waals surface area contributed by atoms with Crippen LogP contribution in [-0.4, -0.2) is 43.9 Å². The van der Waals surface area contributed by atoms with Gasteiger partial charge in [-0.05, 0) is 45.0 Å². The smallest absolute Gasteiger partial charge is 0.335 e. The van der Waals surface area contributed by atoms with Gasteiger partial charge in [0.15, 0.2) is 17.2 Å².